The fourth-order valence-corrected chi connectivity index (χ4v) is 7.72. The molecule has 2 heterocycles. The minimum atomic E-state index is -0.0790. The van der Waals surface area contributed by atoms with Crippen LogP contribution in [0.3, 0.4) is 0 Å². The van der Waals surface area contributed by atoms with Gasteiger partial charge in [0.25, 0.3) is 0 Å². The monoisotopic (exact) mass is 417 g/mol. The van der Waals surface area contributed by atoms with Crippen LogP contribution in [0.5, 0.6) is 0 Å². The number of hydrogen-bond donors (Lipinski definition) is 1. The van der Waals surface area contributed by atoms with Crippen LogP contribution < -0.4 is 5.32 Å². The molecule has 2 aliphatic heterocycles. The summed E-state index contributed by atoms with van der Waals surface area (Å²) in [6.45, 7) is 11.6. The summed E-state index contributed by atoms with van der Waals surface area (Å²) in [5, 5.41) is 3.56. The maximum absolute atomic E-state index is 13.4. The van der Waals surface area contributed by atoms with E-state index in [-0.39, 0.29) is 11.9 Å². The lowest BCUT2D eigenvalue weighted by atomic mass is 9.54. The van der Waals surface area contributed by atoms with Gasteiger partial charge in [0, 0.05) is 25.7 Å². The Labute approximate surface area is 183 Å². The van der Waals surface area contributed by atoms with Gasteiger partial charge in [0.15, 0.2) is 0 Å². The Morgan fingerprint density at radius 2 is 1.67 bits per heavy atom. The minimum Gasteiger partial charge on any atom is -0.378 e. The summed E-state index contributed by atoms with van der Waals surface area (Å²) in [6, 6.07) is 0.359. The molecule has 0 aromatic rings. The topological polar surface area (TPSA) is 44.8 Å². The maximum atomic E-state index is 13.4. The van der Waals surface area contributed by atoms with Crippen molar-refractivity contribution in [3.63, 3.8) is 0 Å². The summed E-state index contributed by atoms with van der Waals surface area (Å²) in [6.07, 6.45) is 9.45. The van der Waals surface area contributed by atoms with Crippen molar-refractivity contribution < 1.29 is 9.53 Å². The van der Waals surface area contributed by atoms with E-state index < -0.39 is 0 Å². The molecule has 30 heavy (non-hydrogen) atoms. The van der Waals surface area contributed by atoms with Crippen molar-refractivity contribution in [2.45, 2.75) is 70.9 Å². The largest absolute Gasteiger partial charge is 0.378 e. The van der Waals surface area contributed by atoms with Gasteiger partial charge in [-0.2, -0.15) is 0 Å². The lowest BCUT2D eigenvalue weighted by Crippen LogP contribution is -2.61. The molecule has 0 spiro atoms. The number of nitrogens with zero attached hydrogens (tertiary/aromatic N) is 2. The minimum absolute atomic E-state index is 0.0790. The zero-order valence-corrected chi connectivity index (χ0v) is 19.2. The average molecular weight is 418 g/mol. The molecule has 5 heteroatoms. The van der Waals surface area contributed by atoms with Crippen LogP contribution in [0.1, 0.15) is 58.8 Å². The summed E-state index contributed by atoms with van der Waals surface area (Å²) in [5.41, 5.74) is 0. The number of hydrogen-bond acceptors (Lipinski definition) is 4. The van der Waals surface area contributed by atoms with Crippen molar-refractivity contribution in [2.24, 2.45) is 35.5 Å². The Balaban J connectivity index is 1.15. The number of likely N-dealkylation sites (tertiary alicyclic amines) is 1. The number of rotatable bonds is 6. The van der Waals surface area contributed by atoms with E-state index in [2.05, 4.69) is 29.0 Å². The Morgan fingerprint density at radius 1 is 1.00 bits per heavy atom. The highest BCUT2D eigenvalue weighted by atomic mass is 16.5. The lowest BCUT2D eigenvalue weighted by Gasteiger charge is -2.54. The molecule has 6 fully saturated rings. The summed E-state index contributed by atoms with van der Waals surface area (Å²) < 4.78 is 5.78. The summed E-state index contributed by atoms with van der Waals surface area (Å²) >= 11 is 0. The highest BCUT2D eigenvalue weighted by molar-refractivity contribution is 5.82. The number of ether oxygens (including phenoxy) is 1. The Morgan fingerprint density at radius 3 is 2.30 bits per heavy atom. The fourth-order valence-electron chi connectivity index (χ4n) is 7.72. The third-order valence-electron chi connectivity index (χ3n) is 8.90. The average Bonchev–Trinajstić information content (AvgIpc) is 2.71. The van der Waals surface area contributed by atoms with E-state index >= 15 is 0 Å². The van der Waals surface area contributed by atoms with Crippen molar-refractivity contribution in [3.8, 4) is 0 Å². The molecule has 0 unspecified atom stereocenters. The molecule has 6 rings (SSSR count). The maximum Gasteiger partial charge on any atom is 0.239 e. The van der Waals surface area contributed by atoms with Gasteiger partial charge in [0.1, 0.15) is 6.04 Å². The number of amides is 1. The van der Waals surface area contributed by atoms with Gasteiger partial charge < -0.3 is 15.0 Å². The van der Waals surface area contributed by atoms with Crippen molar-refractivity contribution >= 4 is 5.91 Å². The van der Waals surface area contributed by atoms with Crippen molar-refractivity contribution in [1.29, 1.82) is 0 Å². The molecular weight excluding hydrogens is 374 g/mol. The quantitative estimate of drug-likeness (QED) is 0.722. The second-order valence-corrected chi connectivity index (χ2v) is 11.7. The van der Waals surface area contributed by atoms with Crippen molar-refractivity contribution in [1.82, 2.24) is 15.1 Å². The molecule has 2 saturated heterocycles. The summed E-state index contributed by atoms with van der Waals surface area (Å²) in [5.74, 6) is 5.13. The predicted octanol–water partition coefficient (Wildman–Crippen LogP) is 3.00. The van der Waals surface area contributed by atoms with Crippen molar-refractivity contribution in [3.05, 3.63) is 0 Å². The third kappa shape index (κ3) is 4.59. The van der Waals surface area contributed by atoms with Gasteiger partial charge in [0.05, 0.1) is 13.2 Å². The third-order valence-corrected chi connectivity index (χ3v) is 8.90. The van der Waals surface area contributed by atoms with E-state index in [4.69, 9.17) is 4.74 Å². The number of carbonyl (C=O) groups excluding carboxylic acids is 1. The van der Waals surface area contributed by atoms with Gasteiger partial charge in [0.2, 0.25) is 5.91 Å². The zero-order valence-electron chi connectivity index (χ0n) is 19.2. The molecule has 0 radical (unpaired) electrons. The first kappa shape index (κ1) is 21.2. The fraction of sp³-hybridized carbons (Fsp3) is 0.960. The highest BCUT2D eigenvalue weighted by Crippen LogP contribution is 2.53. The summed E-state index contributed by atoms with van der Waals surface area (Å²) in [7, 11) is 0. The van der Waals surface area contributed by atoms with Crippen molar-refractivity contribution in [2.75, 3.05) is 45.9 Å². The highest BCUT2D eigenvalue weighted by Gasteiger charge is 2.49. The molecule has 0 aromatic carbocycles. The first-order valence-electron chi connectivity index (χ1n) is 12.9. The van der Waals surface area contributed by atoms with Crippen LogP contribution in [-0.2, 0) is 9.53 Å². The van der Waals surface area contributed by atoms with E-state index in [1.54, 1.807) is 0 Å². The lowest BCUT2D eigenvalue weighted by molar-refractivity contribution is -0.137. The molecule has 5 nitrogen and oxygen atoms in total. The van der Waals surface area contributed by atoms with E-state index in [1.165, 1.54) is 64.6 Å². The molecule has 0 aromatic heterocycles. The molecule has 1 N–H and O–H groups in total. The van der Waals surface area contributed by atoms with Crippen LogP contribution in [-0.4, -0.2) is 73.7 Å². The number of piperidine rings is 1. The van der Waals surface area contributed by atoms with Crippen LogP contribution in [0.15, 0.2) is 0 Å². The molecule has 170 valence electrons. The number of morpholine rings is 1. The number of carbonyl (C=O) groups is 1. The van der Waals surface area contributed by atoms with E-state index in [9.17, 15) is 4.79 Å². The van der Waals surface area contributed by atoms with Gasteiger partial charge in [-0.1, -0.05) is 13.8 Å². The van der Waals surface area contributed by atoms with Crippen LogP contribution in [0.4, 0.5) is 0 Å². The number of nitrogens with one attached hydrogen (secondary N) is 1. The standard InChI is InChI=1S/C25H43N3O2/c1-17(2)14-27-5-3-18(4-6-27)15-28-7-8-30-16-23(28)25(29)26-24-21-10-19-9-20(12-21)13-22(24)11-19/h17-24H,3-16H2,1-2H3,(H,26,29)/t19?,20?,21?,22?,23-,24?/m1/s1. The molecule has 6 aliphatic rings. The molecule has 4 bridgehead atoms. The Hall–Kier alpha value is -0.650. The SMILES string of the molecule is CC(C)CN1CCC(CN2CCOC[C@@H]2C(=O)NC2C3CC4CC(C3)CC2C4)CC1. The first-order valence-corrected chi connectivity index (χ1v) is 12.9. The van der Waals surface area contributed by atoms with Crippen LogP contribution in [0.25, 0.3) is 0 Å². The second kappa shape index (κ2) is 9.07. The smallest absolute Gasteiger partial charge is 0.239 e. The molecule has 1 atom stereocenters. The second-order valence-electron chi connectivity index (χ2n) is 11.7. The normalized spacial score (nSPS) is 40.2. The Bertz CT molecular complexity index is 573. The van der Waals surface area contributed by atoms with Gasteiger partial charge in [-0.3, -0.25) is 9.69 Å². The first-order chi connectivity index (χ1) is 14.5. The molecule has 4 saturated carbocycles. The van der Waals surface area contributed by atoms with Gasteiger partial charge in [-0.05, 0) is 93.5 Å². The van der Waals surface area contributed by atoms with E-state index in [0.29, 0.717) is 12.6 Å². The Kier molecular flexibility index (Phi) is 6.41. The van der Waals surface area contributed by atoms with Crippen LogP contribution >= 0.6 is 0 Å². The molecular formula is C25H43N3O2. The summed E-state index contributed by atoms with van der Waals surface area (Å²) in [4.78, 5) is 18.5. The molecule has 1 amide bonds. The van der Waals surface area contributed by atoms with Gasteiger partial charge >= 0.3 is 0 Å². The van der Waals surface area contributed by atoms with Crippen LogP contribution in [0.2, 0.25) is 0 Å². The van der Waals surface area contributed by atoms with Gasteiger partial charge in [-0.15, -0.1) is 0 Å². The van der Waals surface area contributed by atoms with Gasteiger partial charge in [-0.25, -0.2) is 0 Å². The zero-order chi connectivity index (χ0) is 20.7. The van der Waals surface area contributed by atoms with E-state index in [1.807, 2.05) is 0 Å². The predicted molar refractivity (Wildman–Crippen MR) is 119 cm³/mol. The van der Waals surface area contributed by atoms with E-state index in [0.717, 1.165) is 55.2 Å². The molecule has 4 aliphatic carbocycles. The van der Waals surface area contributed by atoms with Crippen LogP contribution in [0, 0.1) is 35.5 Å².